The van der Waals surface area contributed by atoms with Crippen LogP contribution in [0.1, 0.15) is 6.92 Å². The Balaban J connectivity index is 4.50. The fraction of sp³-hybridized carbons (Fsp3) is 0.222. The maximum atomic E-state index is 10.5. The Bertz CT molecular complexity index is 202. The smallest absolute Gasteiger partial charge is 0.310 e. The molecule has 1 N–H and O–H groups in total. The van der Waals surface area contributed by atoms with E-state index >= 15 is 0 Å². The topological polar surface area (TPSA) is 37.3 Å². The van der Waals surface area contributed by atoms with Crippen LogP contribution >= 0.6 is 0 Å². The Morgan fingerprint density at radius 1 is 1.55 bits per heavy atom. The van der Waals surface area contributed by atoms with Crippen LogP contribution in [0.4, 0.5) is 0 Å². The normalized spacial score (nSPS) is 13.7. The maximum absolute atomic E-state index is 10.5. The van der Waals surface area contributed by atoms with Gasteiger partial charge in [-0.15, -0.1) is 0 Å². The standard InChI is InChI=1S/C9H12O2/c1-4-6-8(5-2)7(3)9(10)11/h4-7H,1-2H2,3H3,(H,10,11)/b8-6+. The molecule has 0 heterocycles. The minimum absolute atomic E-state index is 0.509. The van der Waals surface area contributed by atoms with E-state index in [2.05, 4.69) is 13.2 Å². The van der Waals surface area contributed by atoms with Crippen LogP contribution in [-0.2, 0) is 4.79 Å². The van der Waals surface area contributed by atoms with Gasteiger partial charge in [0.15, 0.2) is 0 Å². The lowest BCUT2D eigenvalue weighted by Crippen LogP contribution is -2.10. The molecule has 0 spiro atoms. The molecule has 0 saturated carbocycles. The lowest BCUT2D eigenvalue weighted by atomic mass is 10.0. The largest absolute Gasteiger partial charge is 0.481 e. The van der Waals surface area contributed by atoms with E-state index in [0.29, 0.717) is 5.57 Å². The molecule has 0 aliphatic carbocycles. The monoisotopic (exact) mass is 152 g/mol. The number of carboxylic acid groups (broad SMARTS) is 1. The lowest BCUT2D eigenvalue weighted by molar-refractivity contribution is -0.139. The van der Waals surface area contributed by atoms with E-state index in [1.165, 1.54) is 6.08 Å². The molecule has 0 rings (SSSR count). The molecule has 11 heavy (non-hydrogen) atoms. The van der Waals surface area contributed by atoms with Crippen molar-refractivity contribution < 1.29 is 9.90 Å². The third-order valence-corrected chi connectivity index (χ3v) is 1.42. The molecule has 0 aliphatic rings. The van der Waals surface area contributed by atoms with E-state index < -0.39 is 11.9 Å². The van der Waals surface area contributed by atoms with Gasteiger partial charge in [-0.1, -0.05) is 31.4 Å². The average molecular weight is 152 g/mol. The van der Waals surface area contributed by atoms with Crippen LogP contribution in [0, 0.1) is 5.92 Å². The summed E-state index contributed by atoms with van der Waals surface area (Å²) >= 11 is 0. The van der Waals surface area contributed by atoms with Crippen molar-refractivity contribution in [3.8, 4) is 0 Å². The van der Waals surface area contributed by atoms with Gasteiger partial charge in [-0.05, 0) is 12.5 Å². The SMILES string of the molecule is C=C/C=C(\C=C)C(C)C(=O)O. The zero-order valence-corrected chi connectivity index (χ0v) is 6.58. The van der Waals surface area contributed by atoms with Gasteiger partial charge in [0, 0.05) is 0 Å². The van der Waals surface area contributed by atoms with Gasteiger partial charge in [-0.25, -0.2) is 0 Å². The third-order valence-electron chi connectivity index (χ3n) is 1.42. The van der Waals surface area contributed by atoms with E-state index in [9.17, 15) is 4.79 Å². The van der Waals surface area contributed by atoms with Crippen molar-refractivity contribution in [1.29, 1.82) is 0 Å². The summed E-state index contributed by atoms with van der Waals surface area (Å²) in [6, 6.07) is 0. The third kappa shape index (κ3) is 2.85. The van der Waals surface area contributed by atoms with E-state index in [-0.39, 0.29) is 0 Å². The fourth-order valence-corrected chi connectivity index (χ4v) is 0.668. The van der Waals surface area contributed by atoms with Gasteiger partial charge in [0.05, 0.1) is 5.92 Å². The molecule has 0 fully saturated rings. The number of aliphatic carboxylic acids is 1. The van der Waals surface area contributed by atoms with Crippen LogP contribution in [0.3, 0.4) is 0 Å². The van der Waals surface area contributed by atoms with Gasteiger partial charge in [0.25, 0.3) is 0 Å². The number of carbonyl (C=O) groups is 1. The number of allylic oxidation sites excluding steroid dienone is 3. The fourth-order valence-electron chi connectivity index (χ4n) is 0.668. The minimum atomic E-state index is -0.849. The molecule has 1 unspecified atom stereocenters. The molecule has 0 saturated heterocycles. The van der Waals surface area contributed by atoms with Crippen LogP contribution in [0.5, 0.6) is 0 Å². The van der Waals surface area contributed by atoms with Crippen molar-refractivity contribution in [3.63, 3.8) is 0 Å². The summed E-state index contributed by atoms with van der Waals surface area (Å²) in [7, 11) is 0. The zero-order chi connectivity index (χ0) is 8.85. The number of rotatable bonds is 4. The van der Waals surface area contributed by atoms with Crippen LogP contribution in [-0.4, -0.2) is 11.1 Å². The summed E-state index contributed by atoms with van der Waals surface area (Å²) in [5.74, 6) is -1.36. The Morgan fingerprint density at radius 3 is 2.36 bits per heavy atom. The van der Waals surface area contributed by atoms with Gasteiger partial charge >= 0.3 is 5.97 Å². The second kappa shape index (κ2) is 4.50. The molecule has 0 aromatic carbocycles. The van der Waals surface area contributed by atoms with Crippen LogP contribution < -0.4 is 0 Å². The molecular weight excluding hydrogens is 140 g/mol. The predicted molar refractivity (Wildman–Crippen MR) is 45.3 cm³/mol. The number of hydrogen-bond acceptors (Lipinski definition) is 1. The number of carboxylic acids is 1. The highest BCUT2D eigenvalue weighted by Crippen LogP contribution is 2.11. The molecular formula is C9H12O2. The summed E-state index contributed by atoms with van der Waals surface area (Å²) in [4.78, 5) is 10.5. The molecule has 0 aromatic heterocycles. The van der Waals surface area contributed by atoms with E-state index in [1.807, 2.05) is 0 Å². The predicted octanol–water partition coefficient (Wildman–Crippen LogP) is 2.01. The molecule has 0 aliphatic heterocycles. The lowest BCUT2D eigenvalue weighted by Gasteiger charge is -2.04. The highest BCUT2D eigenvalue weighted by Gasteiger charge is 2.12. The maximum Gasteiger partial charge on any atom is 0.310 e. The van der Waals surface area contributed by atoms with Gasteiger partial charge in [0.1, 0.15) is 0 Å². The first-order chi connectivity index (χ1) is 5.13. The molecule has 60 valence electrons. The van der Waals surface area contributed by atoms with Crippen molar-refractivity contribution >= 4 is 5.97 Å². The molecule has 2 nitrogen and oxygen atoms in total. The molecule has 0 amide bonds. The second-order valence-corrected chi connectivity index (χ2v) is 2.17. The van der Waals surface area contributed by atoms with Gasteiger partial charge in [0.2, 0.25) is 0 Å². The van der Waals surface area contributed by atoms with E-state index in [1.54, 1.807) is 19.1 Å². The average Bonchev–Trinajstić information content (AvgIpc) is 1.98. The molecule has 0 radical (unpaired) electrons. The summed E-state index contributed by atoms with van der Waals surface area (Å²) in [6.45, 7) is 8.59. The Morgan fingerprint density at radius 2 is 2.09 bits per heavy atom. The molecule has 0 bridgehead atoms. The van der Waals surface area contributed by atoms with Gasteiger partial charge < -0.3 is 5.11 Å². The van der Waals surface area contributed by atoms with Crippen molar-refractivity contribution in [2.45, 2.75) is 6.92 Å². The summed E-state index contributed by atoms with van der Waals surface area (Å²) in [6.07, 6.45) is 4.72. The molecule has 0 aromatic rings. The first-order valence-electron chi connectivity index (χ1n) is 3.31. The van der Waals surface area contributed by atoms with E-state index in [0.717, 1.165) is 0 Å². The highest BCUT2D eigenvalue weighted by atomic mass is 16.4. The quantitative estimate of drug-likeness (QED) is 0.625. The van der Waals surface area contributed by atoms with Crippen molar-refractivity contribution in [1.82, 2.24) is 0 Å². The zero-order valence-electron chi connectivity index (χ0n) is 6.58. The molecule has 1 atom stereocenters. The Kier molecular flexibility index (Phi) is 3.96. The summed E-state index contributed by atoms with van der Waals surface area (Å²) in [5.41, 5.74) is 0.674. The van der Waals surface area contributed by atoms with Gasteiger partial charge in [-0.3, -0.25) is 4.79 Å². The summed E-state index contributed by atoms with van der Waals surface area (Å²) < 4.78 is 0. The Hall–Kier alpha value is -1.31. The summed E-state index contributed by atoms with van der Waals surface area (Å²) in [5, 5.41) is 8.59. The first-order valence-corrected chi connectivity index (χ1v) is 3.31. The van der Waals surface area contributed by atoms with E-state index in [4.69, 9.17) is 5.11 Å². The first kappa shape index (κ1) is 9.69. The van der Waals surface area contributed by atoms with Gasteiger partial charge in [-0.2, -0.15) is 0 Å². The van der Waals surface area contributed by atoms with Crippen molar-refractivity contribution in [2.24, 2.45) is 5.92 Å². The van der Waals surface area contributed by atoms with Crippen LogP contribution in [0.15, 0.2) is 37.0 Å². The van der Waals surface area contributed by atoms with Crippen molar-refractivity contribution in [3.05, 3.63) is 37.0 Å². The second-order valence-electron chi connectivity index (χ2n) is 2.17. The van der Waals surface area contributed by atoms with Crippen LogP contribution in [0.25, 0.3) is 0 Å². The Labute approximate surface area is 66.5 Å². The van der Waals surface area contributed by atoms with Crippen molar-refractivity contribution in [2.75, 3.05) is 0 Å². The van der Waals surface area contributed by atoms with Crippen LogP contribution in [0.2, 0.25) is 0 Å². The highest BCUT2D eigenvalue weighted by molar-refractivity contribution is 5.74. The molecule has 2 heteroatoms. The number of hydrogen-bond donors (Lipinski definition) is 1. The minimum Gasteiger partial charge on any atom is -0.481 e.